The van der Waals surface area contributed by atoms with Gasteiger partial charge in [-0.05, 0) is 19.3 Å². The molecule has 0 bridgehead atoms. The summed E-state index contributed by atoms with van der Waals surface area (Å²) in [4.78, 5) is 6.83. The SMILES string of the molecule is CCNC(=NCCCF)N1CCSC(C(C)C)C1. The van der Waals surface area contributed by atoms with Gasteiger partial charge in [-0.2, -0.15) is 11.8 Å². The van der Waals surface area contributed by atoms with Gasteiger partial charge < -0.3 is 10.2 Å². The second kappa shape index (κ2) is 8.62. The zero-order valence-corrected chi connectivity index (χ0v) is 12.6. The van der Waals surface area contributed by atoms with E-state index in [-0.39, 0.29) is 6.67 Å². The fraction of sp³-hybridized carbons (Fsp3) is 0.923. The van der Waals surface area contributed by atoms with Crippen molar-refractivity contribution in [2.45, 2.75) is 32.4 Å². The number of hydrogen-bond donors (Lipinski definition) is 1. The lowest BCUT2D eigenvalue weighted by molar-refractivity contribution is 0.380. The normalized spacial score (nSPS) is 21.5. The predicted molar refractivity (Wildman–Crippen MR) is 79.2 cm³/mol. The van der Waals surface area contributed by atoms with Crippen LogP contribution in [0.5, 0.6) is 0 Å². The first kappa shape index (κ1) is 15.6. The van der Waals surface area contributed by atoms with Crippen molar-refractivity contribution in [2.75, 3.05) is 38.6 Å². The van der Waals surface area contributed by atoms with Gasteiger partial charge in [-0.15, -0.1) is 0 Å². The summed E-state index contributed by atoms with van der Waals surface area (Å²) in [7, 11) is 0. The Morgan fingerprint density at radius 2 is 2.33 bits per heavy atom. The van der Waals surface area contributed by atoms with Crippen LogP contribution in [-0.4, -0.2) is 54.7 Å². The number of halogens is 1. The predicted octanol–water partition coefficient (Wildman–Crippen LogP) is 2.38. The molecule has 1 N–H and O–H groups in total. The monoisotopic (exact) mass is 275 g/mol. The minimum atomic E-state index is -0.284. The van der Waals surface area contributed by atoms with E-state index in [0.29, 0.717) is 24.1 Å². The molecule has 0 spiro atoms. The molecule has 1 unspecified atom stereocenters. The highest BCUT2D eigenvalue weighted by Crippen LogP contribution is 2.24. The molecule has 0 amide bonds. The summed E-state index contributed by atoms with van der Waals surface area (Å²) in [6.45, 7) is 9.86. The van der Waals surface area contributed by atoms with E-state index in [2.05, 4.69) is 47.7 Å². The first-order valence-corrected chi connectivity index (χ1v) is 7.94. The molecule has 0 saturated carbocycles. The zero-order valence-electron chi connectivity index (χ0n) is 11.8. The maximum absolute atomic E-state index is 12.1. The number of aliphatic imine (C=N–C) groups is 1. The maximum Gasteiger partial charge on any atom is 0.193 e. The van der Waals surface area contributed by atoms with Crippen LogP contribution >= 0.6 is 11.8 Å². The molecule has 1 aliphatic rings. The Balaban J connectivity index is 2.57. The summed E-state index contributed by atoms with van der Waals surface area (Å²) < 4.78 is 12.1. The Morgan fingerprint density at radius 1 is 1.56 bits per heavy atom. The van der Waals surface area contributed by atoms with Gasteiger partial charge in [0.1, 0.15) is 0 Å². The Hall–Kier alpha value is -0.450. The molecule has 1 saturated heterocycles. The molecule has 1 fully saturated rings. The molecule has 0 radical (unpaired) electrons. The number of alkyl halides is 1. The number of nitrogens with one attached hydrogen (secondary N) is 1. The smallest absolute Gasteiger partial charge is 0.193 e. The van der Waals surface area contributed by atoms with Gasteiger partial charge in [-0.3, -0.25) is 9.38 Å². The lowest BCUT2D eigenvalue weighted by Gasteiger charge is -2.36. The summed E-state index contributed by atoms with van der Waals surface area (Å²) in [5.41, 5.74) is 0. The second-order valence-corrected chi connectivity index (χ2v) is 6.22. The van der Waals surface area contributed by atoms with E-state index in [1.807, 2.05) is 0 Å². The molecule has 1 heterocycles. The van der Waals surface area contributed by atoms with Gasteiger partial charge in [0.25, 0.3) is 0 Å². The molecule has 1 atom stereocenters. The van der Waals surface area contributed by atoms with Crippen LogP contribution in [0.3, 0.4) is 0 Å². The number of thioether (sulfide) groups is 1. The Morgan fingerprint density at radius 3 is 2.94 bits per heavy atom. The van der Waals surface area contributed by atoms with Gasteiger partial charge in [0.2, 0.25) is 0 Å². The molecule has 3 nitrogen and oxygen atoms in total. The average Bonchev–Trinajstić information content (AvgIpc) is 2.38. The van der Waals surface area contributed by atoms with Crippen molar-refractivity contribution in [3.63, 3.8) is 0 Å². The average molecular weight is 275 g/mol. The van der Waals surface area contributed by atoms with Crippen LogP contribution in [0.25, 0.3) is 0 Å². The van der Waals surface area contributed by atoms with Crippen molar-refractivity contribution < 1.29 is 4.39 Å². The third-order valence-corrected chi connectivity index (χ3v) is 4.56. The molecule has 5 heteroatoms. The number of guanidine groups is 1. The molecule has 0 aromatic heterocycles. The Kier molecular flexibility index (Phi) is 7.47. The Labute approximate surface area is 115 Å². The van der Waals surface area contributed by atoms with Crippen LogP contribution < -0.4 is 5.32 Å². The minimum absolute atomic E-state index is 0.284. The van der Waals surface area contributed by atoms with E-state index >= 15 is 0 Å². The molecule has 106 valence electrons. The molecular weight excluding hydrogens is 249 g/mol. The van der Waals surface area contributed by atoms with Gasteiger partial charge in [0, 0.05) is 37.2 Å². The van der Waals surface area contributed by atoms with Gasteiger partial charge in [0.15, 0.2) is 5.96 Å². The number of rotatable bonds is 5. The third kappa shape index (κ3) is 5.04. The van der Waals surface area contributed by atoms with Gasteiger partial charge in [-0.1, -0.05) is 13.8 Å². The summed E-state index contributed by atoms with van der Waals surface area (Å²) in [6.07, 6.45) is 0.519. The van der Waals surface area contributed by atoms with Crippen molar-refractivity contribution in [3.05, 3.63) is 0 Å². The zero-order chi connectivity index (χ0) is 13.4. The fourth-order valence-electron chi connectivity index (χ4n) is 1.94. The standard InChI is InChI=1S/C13H26FN3S/c1-4-15-13(16-7-5-6-14)17-8-9-18-12(10-17)11(2)3/h11-12H,4-10H2,1-3H3,(H,15,16). The quantitative estimate of drug-likeness (QED) is 0.474. The van der Waals surface area contributed by atoms with E-state index in [9.17, 15) is 4.39 Å². The summed E-state index contributed by atoms with van der Waals surface area (Å²) >= 11 is 2.05. The second-order valence-electron chi connectivity index (χ2n) is 4.88. The molecule has 1 rings (SSSR count). The van der Waals surface area contributed by atoms with Crippen molar-refractivity contribution in [1.82, 2.24) is 10.2 Å². The first-order chi connectivity index (χ1) is 8.69. The highest BCUT2D eigenvalue weighted by molar-refractivity contribution is 8.00. The van der Waals surface area contributed by atoms with Crippen molar-refractivity contribution in [3.8, 4) is 0 Å². The largest absolute Gasteiger partial charge is 0.357 e. The van der Waals surface area contributed by atoms with Gasteiger partial charge >= 0.3 is 0 Å². The summed E-state index contributed by atoms with van der Waals surface area (Å²) in [6, 6.07) is 0. The molecule has 0 aliphatic carbocycles. The van der Waals surface area contributed by atoms with Crippen LogP contribution in [0.1, 0.15) is 27.2 Å². The van der Waals surface area contributed by atoms with Crippen LogP contribution in [-0.2, 0) is 0 Å². The van der Waals surface area contributed by atoms with Crippen molar-refractivity contribution in [1.29, 1.82) is 0 Å². The van der Waals surface area contributed by atoms with Crippen LogP contribution in [0.2, 0.25) is 0 Å². The molecule has 1 aliphatic heterocycles. The molecule has 0 aromatic rings. The highest BCUT2D eigenvalue weighted by Gasteiger charge is 2.24. The van der Waals surface area contributed by atoms with Crippen molar-refractivity contribution in [2.24, 2.45) is 10.9 Å². The number of hydrogen-bond acceptors (Lipinski definition) is 2. The fourth-order valence-corrected chi connectivity index (χ4v) is 3.24. The summed E-state index contributed by atoms with van der Waals surface area (Å²) in [5, 5.41) is 3.99. The Bertz CT molecular complexity index is 259. The first-order valence-electron chi connectivity index (χ1n) is 6.89. The van der Waals surface area contributed by atoms with Gasteiger partial charge in [-0.25, -0.2) is 0 Å². The maximum atomic E-state index is 12.1. The van der Waals surface area contributed by atoms with E-state index in [4.69, 9.17) is 0 Å². The van der Waals surface area contributed by atoms with Crippen LogP contribution in [0, 0.1) is 5.92 Å². The summed E-state index contributed by atoms with van der Waals surface area (Å²) in [5.74, 6) is 2.79. The highest BCUT2D eigenvalue weighted by atomic mass is 32.2. The molecule has 0 aromatic carbocycles. The molecular formula is C13H26FN3S. The van der Waals surface area contributed by atoms with E-state index in [0.717, 1.165) is 31.3 Å². The van der Waals surface area contributed by atoms with E-state index in [1.54, 1.807) is 0 Å². The van der Waals surface area contributed by atoms with E-state index in [1.165, 1.54) is 0 Å². The van der Waals surface area contributed by atoms with Crippen LogP contribution in [0.15, 0.2) is 4.99 Å². The van der Waals surface area contributed by atoms with Gasteiger partial charge in [0.05, 0.1) is 6.67 Å². The van der Waals surface area contributed by atoms with Crippen molar-refractivity contribution >= 4 is 17.7 Å². The molecule has 18 heavy (non-hydrogen) atoms. The van der Waals surface area contributed by atoms with E-state index < -0.39 is 0 Å². The lowest BCUT2D eigenvalue weighted by atomic mass is 10.1. The third-order valence-electron chi connectivity index (χ3n) is 3.02. The van der Waals surface area contributed by atoms with Crippen LogP contribution in [0.4, 0.5) is 4.39 Å². The minimum Gasteiger partial charge on any atom is -0.357 e. The number of nitrogens with zero attached hydrogens (tertiary/aromatic N) is 2. The lowest BCUT2D eigenvalue weighted by Crippen LogP contribution is -2.49. The topological polar surface area (TPSA) is 27.6 Å².